The van der Waals surface area contributed by atoms with Gasteiger partial charge in [-0.05, 0) is 43.3 Å². The lowest BCUT2D eigenvalue weighted by molar-refractivity contribution is -0.115. The zero-order valence-electron chi connectivity index (χ0n) is 14.2. The normalized spacial score (nSPS) is 10.3. The number of benzene rings is 2. The van der Waals surface area contributed by atoms with Crippen molar-refractivity contribution in [3.63, 3.8) is 0 Å². The summed E-state index contributed by atoms with van der Waals surface area (Å²) in [6.45, 7) is 2.05. The van der Waals surface area contributed by atoms with Crippen LogP contribution < -0.4 is 5.32 Å². The third-order valence-electron chi connectivity index (χ3n) is 3.44. The Morgan fingerprint density at radius 1 is 1.00 bits per heavy atom. The number of amides is 2. The highest BCUT2D eigenvalue weighted by atomic mass is 32.2. The van der Waals surface area contributed by atoms with E-state index >= 15 is 0 Å². The van der Waals surface area contributed by atoms with Crippen molar-refractivity contribution >= 4 is 29.3 Å². The number of thioether (sulfide) groups is 1. The molecule has 0 bridgehead atoms. The molecule has 0 saturated carbocycles. The van der Waals surface area contributed by atoms with Crippen LogP contribution in [0.25, 0.3) is 0 Å². The highest BCUT2D eigenvalue weighted by molar-refractivity contribution is 7.99. The maximum atomic E-state index is 12.0. The number of aryl methyl sites for hydroxylation is 1. The minimum Gasteiger partial charge on any atom is -0.345 e. The molecule has 0 spiro atoms. The van der Waals surface area contributed by atoms with Crippen LogP contribution >= 0.6 is 11.8 Å². The molecule has 0 fully saturated rings. The molecule has 0 aliphatic rings. The van der Waals surface area contributed by atoms with Gasteiger partial charge in [-0.15, -0.1) is 11.8 Å². The van der Waals surface area contributed by atoms with E-state index in [2.05, 4.69) is 36.5 Å². The molecule has 24 heavy (non-hydrogen) atoms. The lowest BCUT2D eigenvalue weighted by Gasteiger charge is -2.11. The van der Waals surface area contributed by atoms with Crippen molar-refractivity contribution in [3.8, 4) is 0 Å². The maximum Gasteiger partial charge on any atom is 0.253 e. The fourth-order valence-electron chi connectivity index (χ4n) is 2.07. The number of carbonyl (C=O) groups excluding carboxylic acids is 2. The number of nitrogens with one attached hydrogen (secondary N) is 1. The number of hydrogen-bond donors (Lipinski definition) is 1. The van der Waals surface area contributed by atoms with Gasteiger partial charge >= 0.3 is 0 Å². The Bertz CT molecular complexity index is 694. The van der Waals surface area contributed by atoms with Crippen molar-refractivity contribution in [1.29, 1.82) is 0 Å². The summed E-state index contributed by atoms with van der Waals surface area (Å²) in [4.78, 5) is 26.5. The molecule has 0 atom stereocenters. The summed E-state index contributed by atoms with van der Waals surface area (Å²) in [5.41, 5.74) is 2.54. The van der Waals surface area contributed by atoms with Crippen molar-refractivity contribution in [2.75, 3.05) is 25.2 Å². The lowest BCUT2D eigenvalue weighted by atomic mass is 10.2. The van der Waals surface area contributed by atoms with Crippen molar-refractivity contribution in [1.82, 2.24) is 4.90 Å². The third-order valence-corrected chi connectivity index (χ3v) is 4.45. The highest BCUT2D eigenvalue weighted by Gasteiger charge is 2.08. The van der Waals surface area contributed by atoms with E-state index in [0.717, 1.165) is 5.75 Å². The molecule has 2 aromatic rings. The molecule has 0 aromatic heterocycles. The number of nitrogens with zero attached hydrogens (tertiary/aromatic N) is 1. The Labute approximate surface area is 147 Å². The van der Waals surface area contributed by atoms with Gasteiger partial charge in [-0.1, -0.05) is 17.7 Å². The summed E-state index contributed by atoms with van der Waals surface area (Å²) in [6, 6.07) is 15.2. The first-order valence-electron chi connectivity index (χ1n) is 7.77. The minimum atomic E-state index is -0.0534. The minimum absolute atomic E-state index is 0.0266. The second kappa shape index (κ2) is 8.55. The molecule has 0 radical (unpaired) electrons. The first kappa shape index (κ1) is 18.1. The molecule has 0 aliphatic heterocycles. The number of hydrogen-bond acceptors (Lipinski definition) is 3. The van der Waals surface area contributed by atoms with Crippen molar-refractivity contribution in [2.45, 2.75) is 18.2 Å². The van der Waals surface area contributed by atoms with Crippen LogP contribution in [0.1, 0.15) is 22.3 Å². The Hall–Kier alpha value is -2.27. The van der Waals surface area contributed by atoms with Crippen LogP contribution in [0.5, 0.6) is 0 Å². The highest BCUT2D eigenvalue weighted by Crippen LogP contribution is 2.19. The molecular weight excluding hydrogens is 320 g/mol. The van der Waals surface area contributed by atoms with E-state index < -0.39 is 0 Å². The van der Waals surface area contributed by atoms with Crippen LogP contribution in [0, 0.1) is 6.92 Å². The standard InChI is InChI=1S/C19H22N2O2S/c1-14-4-10-17(11-5-14)24-13-12-18(22)20-16-8-6-15(7-9-16)19(23)21(2)3/h4-11H,12-13H2,1-3H3,(H,20,22). The van der Waals surface area contributed by atoms with Crippen molar-refractivity contribution in [2.24, 2.45) is 0 Å². The van der Waals surface area contributed by atoms with Crippen LogP contribution in [0.15, 0.2) is 53.4 Å². The second-order valence-corrected chi connectivity index (χ2v) is 6.90. The molecule has 0 heterocycles. The summed E-state index contributed by atoms with van der Waals surface area (Å²) in [5, 5.41) is 2.86. The Kier molecular flexibility index (Phi) is 6.44. The number of rotatable bonds is 6. The summed E-state index contributed by atoms with van der Waals surface area (Å²) in [5.74, 6) is 0.648. The van der Waals surface area contributed by atoms with E-state index in [1.165, 1.54) is 15.4 Å². The van der Waals surface area contributed by atoms with Gasteiger partial charge in [0.05, 0.1) is 0 Å². The predicted octanol–water partition coefficient (Wildman–Crippen LogP) is 3.82. The van der Waals surface area contributed by atoms with Gasteiger partial charge in [0.25, 0.3) is 5.91 Å². The number of carbonyl (C=O) groups is 2. The van der Waals surface area contributed by atoms with E-state index in [4.69, 9.17) is 0 Å². The maximum absolute atomic E-state index is 12.0. The van der Waals surface area contributed by atoms with Crippen molar-refractivity contribution in [3.05, 3.63) is 59.7 Å². The summed E-state index contributed by atoms with van der Waals surface area (Å²) < 4.78 is 0. The lowest BCUT2D eigenvalue weighted by Crippen LogP contribution is -2.21. The Balaban J connectivity index is 1.79. The molecule has 0 saturated heterocycles. The molecule has 2 amide bonds. The molecule has 2 rings (SSSR count). The zero-order chi connectivity index (χ0) is 17.5. The van der Waals surface area contributed by atoms with E-state index in [-0.39, 0.29) is 11.8 Å². The Morgan fingerprint density at radius 3 is 2.21 bits per heavy atom. The van der Waals surface area contributed by atoms with E-state index in [1.807, 2.05) is 0 Å². The molecule has 4 nitrogen and oxygen atoms in total. The monoisotopic (exact) mass is 342 g/mol. The van der Waals surface area contributed by atoms with E-state index in [9.17, 15) is 9.59 Å². The SMILES string of the molecule is Cc1ccc(SCCC(=O)Nc2ccc(C(=O)N(C)C)cc2)cc1. The molecule has 126 valence electrons. The Morgan fingerprint density at radius 2 is 1.62 bits per heavy atom. The van der Waals surface area contributed by atoms with Crippen LogP contribution in [-0.2, 0) is 4.79 Å². The molecule has 2 aromatic carbocycles. The average molecular weight is 342 g/mol. The first-order chi connectivity index (χ1) is 11.5. The van der Waals surface area contributed by atoms with Crippen molar-refractivity contribution < 1.29 is 9.59 Å². The quantitative estimate of drug-likeness (QED) is 0.812. The second-order valence-electron chi connectivity index (χ2n) is 5.74. The van der Waals surface area contributed by atoms with Crippen LogP contribution in [-0.4, -0.2) is 36.6 Å². The van der Waals surface area contributed by atoms with Crippen LogP contribution in [0.3, 0.4) is 0 Å². The topological polar surface area (TPSA) is 49.4 Å². The van der Waals surface area contributed by atoms with Gasteiger partial charge in [-0.3, -0.25) is 9.59 Å². The van der Waals surface area contributed by atoms with Gasteiger partial charge in [0, 0.05) is 42.4 Å². The summed E-state index contributed by atoms with van der Waals surface area (Å²) in [6.07, 6.45) is 0.441. The van der Waals surface area contributed by atoms with Crippen LogP contribution in [0.4, 0.5) is 5.69 Å². The molecular formula is C19H22N2O2S. The molecule has 1 N–H and O–H groups in total. The zero-order valence-corrected chi connectivity index (χ0v) is 15.0. The number of anilines is 1. The summed E-state index contributed by atoms with van der Waals surface area (Å²) in [7, 11) is 3.42. The van der Waals surface area contributed by atoms with E-state index in [0.29, 0.717) is 17.7 Å². The van der Waals surface area contributed by atoms with Gasteiger partial charge in [0.2, 0.25) is 5.91 Å². The summed E-state index contributed by atoms with van der Waals surface area (Å²) >= 11 is 1.67. The fourth-order valence-corrected chi connectivity index (χ4v) is 2.93. The van der Waals surface area contributed by atoms with Crippen LogP contribution in [0.2, 0.25) is 0 Å². The van der Waals surface area contributed by atoms with Gasteiger partial charge in [-0.2, -0.15) is 0 Å². The van der Waals surface area contributed by atoms with Gasteiger partial charge in [0.15, 0.2) is 0 Å². The van der Waals surface area contributed by atoms with Gasteiger partial charge < -0.3 is 10.2 Å². The fraction of sp³-hybridized carbons (Fsp3) is 0.263. The van der Waals surface area contributed by atoms with E-state index in [1.54, 1.807) is 50.1 Å². The average Bonchev–Trinajstić information content (AvgIpc) is 2.56. The molecule has 0 aliphatic carbocycles. The first-order valence-corrected chi connectivity index (χ1v) is 8.75. The largest absolute Gasteiger partial charge is 0.345 e. The molecule has 5 heteroatoms. The third kappa shape index (κ3) is 5.42. The predicted molar refractivity (Wildman–Crippen MR) is 99.6 cm³/mol. The smallest absolute Gasteiger partial charge is 0.253 e. The molecule has 0 unspecified atom stereocenters. The van der Waals surface area contributed by atoms with Gasteiger partial charge in [-0.25, -0.2) is 0 Å². The van der Waals surface area contributed by atoms with Gasteiger partial charge in [0.1, 0.15) is 0 Å².